The van der Waals surface area contributed by atoms with Gasteiger partial charge in [-0.15, -0.1) is 0 Å². The van der Waals surface area contributed by atoms with E-state index in [1.165, 1.54) is 0 Å². The van der Waals surface area contributed by atoms with Gasteiger partial charge in [-0.25, -0.2) is 4.79 Å². The molecule has 1 atom stereocenters. The number of oxime groups is 1. The average molecular weight is 128 g/mol. The molecule has 4 nitrogen and oxygen atoms in total. The summed E-state index contributed by atoms with van der Waals surface area (Å²) in [6, 6.07) is 0. The number of nitrogens with zero attached hydrogens (tertiary/aromatic N) is 1. The van der Waals surface area contributed by atoms with Crippen LogP contribution in [0.25, 0.3) is 0 Å². The van der Waals surface area contributed by atoms with Crippen LogP contribution in [-0.4, -0.2) is 18.2 Å². The molecular weight excluding hydrogens is 120 g/mol. The van der Waals surface area contributed by atoms with Crippen molar-refractivity contribution in [2.75, 3.05) is 6.54 Å². The Bertz CT molecular complexity index is 164. The monoisotopic (exact) mass is 128 g/mol. The van der Waals surface area contributed by atoms with Crippen LogP contribution in [0.2, 0.25) is 0 Å². The normalized spacial score (nSPS) is 25.8. The molecule has 0 bridgehead atoms. The summed E-state index contributed by atoms with van der Waals surface area (Å²) in [6.45, 7) is 2.02. The third-order valence-corrected chi connectivity index (χ3v) is 1.32. The minimum atomic E-state index is -0.310. The first-order valence-corrected chi connectivity index (χ1v) is 2.73. The Labute approximate surface area is 52.7 Å². The van der Waals surface area contributed by atoms with Gasteiger partial charge in [0.05, 0.1) is 11.6 Å². The van der Waals surface area contributed by atoms with Crippen molar-refractivity contribution in [2.45, 2.75) is 6.92 Å². The van der Waals surface area contributed by atoms with E-state index in [-0.39, 0.29) is 11.9 Å². The van der Waals surface area contributed by atoms with Crippen LogP contribution in [0.3, 0.4) is 0 Å². The Kier molecular flexibility index (Phi) is 1.48. The molecule has 9 heavy (non-hydrogen) atoms. The fourth-order valence-corrected chi connectivity index (χ4v) is 0.612. The summed E-state index contributed by atoms with van der Waals surface area (Å²) in [5.74, 6) is -0.551. The van der Waals surface area contributed by atoms with E-state index in [0.717, 1.165) is 0 Å². The van der Waals surface area contributed by atoms with Crippen molar-refractivity contribution >= 4 is 11.7 Å². The van der Waals surface area contributed by atoms with E-state index in [1.807, 2.05) is 0 Å². The second-order valence-electron chi connectivity index (χ2n) is 1.92. The Balaban J connectivity index is 2.66. The maximum Gasteiger partial charge on any atom is 0.343 e. The van der Waals surface area contributed by atoms with Crippen molar-refractivity contribution < 1.29 is 9.63 Å². The molecule has 0 saturated carbocycles. The predicted octanol–water partition coefficient (Wildman–Crippen LogP) is -0.506. The smallest absolute Gasteiger partial charge is 0.325 e. The van der Waals surface area contributed by atoms with Crippen LogP contribution < -0.4 is 5.73 Å². The van der Waals surface area contributed by atoms with Gasteiger partial charge in [-0.2, -0.15) is 0 Å². The molecule has 50 valence electrons. The molecule has 1 aliphatic heterocycles. The van der Waals surface area contributed by atoms with Crippen LogP contribution in [0.1, 0.15) is 6.92 Å². The molecule has 0 spiro atoms. The van der Waals surface area contributed by atoms with Gasteiger partial charge in [-0.05, 0) is 6.92 Å². The van der Waals surface area contributed by atoms with Crippen LogP contribution in [0, 0.1) is 5.92 Å². The SMILES string of the molecule is CC1C(=O)ON=C1CN. The molecule has 0 fully saturated rings. The minimum absolute atomic E-state index is 0.241. The van der Waals surface area contributed by atoms with Crippen LogP contribution in [0.5, 0.6) is 0 Å². The molecule has 1 unspecified atom stereocenters. The molecule has 0 aromatic heterocycles. The van der Waals surface area contributed by atoms with Gasteiger partial charge in [0.2, 0.25) is 0 Å². The zero-order valence-corrected chi connectivity index (χ0v) is 5.13. The van der Waals surface area contributed by atoms with E-state index in [4.69, 9.17) is 5.73 Å². The summed E-state index contributed by atoms with van der Waals surface area (Å²) in [5, 5.41) is 3.46. The molecule has 0 aromatic carbocycles. The first-order chi connectivity index (χ1) is 4.25. The summed E-state index contributed by atoms with van der Waals surface area (Å²) in [4.78, 5) is 14.9. The largest absolute Gasteiger partial charge is 0.343 e. The summed E-state index contributed by atoms with van der Waals surface area (Å²) in [7, 11) is 0. The number of hydrogen-bond acceptors (Lipinski definition) is 4. The number of carbonyl (C=O) groups excluding carboxylic acids is 1. The van der Waals surface area contributed by atoms with Crippen LogP contribution in [0.4, 0.5) is 0 Å². The van der Waals surface area contributed by atoms with Gasteiger partial charge in [-0.3, -0.25) is 0 Å². The highest BCUT2D eigenvalue weighted by molar-refractivity contribution is 6.05. The van der Waals surface area contributed by atoms with Gasteiger partial charge in [0, 0.05) is 6.54 Å². The van der Waals surface area contributed by atoms with E-state index in [9.17, 15) is 4.79 Å². The number of hydrogen-bond donors (Lipinski definition) is 1. The van der Waals surface area contributed by atoms with Crippen LogP contribution >= 0.6 is 0 Å². The summed E-state index contributed by atoms with van der Waals surface area (Å²) >= 11 is 0. The Morgan fingerprint density at radius 3 is 2.78 bits per heavy atom. The molecule has 0 radical (unpaired) electrons. The zero-order chi connectivity index (χ0) is 6.85. The standard InChI is InChI=1S/C5H8N2O2/c1-3-4(2-6)7-9-5(3)8/h3H,2,6H2,1H3. The molecule has 1 heterocycles. The number of carbonyl (C=O) groups is 1. The third-order valence-electron chi connectivity index (χ3n) is 1.32. The lowest BCUT2D eigenvalue weighted by atomic mass is 10.1. The van der Waals surface area contributed by atoms with Crippen molar-refractivity contribution in [2.24, 2.45) is 16.8 Å². The van der Waals surface area contributed by atoms with Crippen molar-refractivity contribution in [3.63, 3.8) is 0 Å². The highest BCUT2D eigenvalue weighted by Crippen LogP contribution is 2.08. The van der Waals surface area contributed by atoms with Gasteiger partial charge in [0.15, 0.2) is 0 Å². The van der Waals surface area contributed by atoms with E-state index in [1.54, 1.807) is 6.92 Å². The highest BCUT2D eigenvalue weighted by atomic mass is 16.7. The predicted molar refractivity (Wildman–Crippen MR) is 31.7 cm³/mol. The first-order valence-electron chi connectivity index (χ1n) is 2.73. The fraction of sp³-hybridized carbons (Fsp3) is 0.600. The van der Waals surface area contributed by atoms with E-state index in [0.29, 0.717) is 12.3 Å². The molecule has 2 N–H and O–H groups in total. The second kappa shape index (κ2) is 2.14. The lowest BCUT2D eigenvalue weighted by Gasteiger charge is -1.94. The minimum Gasteiger partial charge on any atom is -0.325 e. The molecule has 1 aliphatic rings. The van der Waals surface area contributed by atoms with Crippen molar-refractivity contribution in [1.29, 1.82) is 0 Å². The van der Waals surface area contributed by atoms with Crippen LogP contribution in [-0.2, 0) is 9.63 Å². The lowest BCUT2D eigenvalue weighted by molar-refractivity contribution is -0.142. The first kappa shape index (κ1) is 6.22. The molecule has 0 saturated heterocycles. The zero-order valence-electron chi connectivity index (χ0n) is 5.13. The van der Waals surface area contributed by atoms with Crippen molar-refractivity contribution in [3.05, 3.63) is 0 Å². The molecule has 1 rings (SSSR count). The Hall–Kier alpha value is -0.900. The topological polar surface area (TPSA) is 64.7 Å². The van der Waals surface area contributed by atoms with E-state index in [2.05, 4.69) is 9.99 Å². The van der Waals surface area contributed by atoms with Gasteiger partial charge in [0.25, 0.3) is 0 Å². The maximum absolute atomic E-state index is 10.6. The lowest BCUT2D eigenvalue weighted by Crippen LogP contribution is -2.21. The third kappa shape index (κ3) is 0.929. The Morgan fingerprint density at radius 1 is 1.89 bits per heavy atom. The van der Waals surface area contributed by atoms with Gasteiger partial charge in [-0.1, -0.05) is 5.16 Å². The molecule has 4 heteroatoms. The quantitative estimate of drug-likeness (QED) is 0.484. The molecule has 0 aliphatic carbocycles. The highest BCUT2D eigenvalue weighted by Gasteiger charge is 2.26. The summed E-state index contributed by atoms with van der Waals surface area (Å²) < 4.78 is 0. The van der Waals surface area contributed by atoms with Crippen molar-refractivity contribution in [1.82, 2.24) is 0 Å². The average Bonchev–Trinajstić information content (AvgIpc) is 2.15. The van der Waals surface area contributed by atoms with Gasteiger partial charge < -0.3 is 10.6 Å². The number of rotatable bonds is 1. The molecule has 0 aromatic rings. The molecular formula is C5H8N2O2. The van der Waals surface area contributed by atoms with Crippen LogP contribution in [0.15, 0.2) is 5.16 Å². The van der Waals surface area contributed by atoms with E-state index >= 15 is 0 Å². The second-order valence-corrected chi connectivity index (χ2v) is 1.92. The van der Waals surface area contributed by atoms with Gasteiger partial charge >= 0.3 is 5.97 Å². The van der Waals surface area contributed by atoms with Crippen molar-refractivity contribution in [3.8, 4) is 0 Å². The Morgan fingerprint density at radius 2 is 2.56 bits per heavy atom. The fourth-order valence-electron chi connectivity index (χ4n) is 0.612. The summed E-state index contributed by atoms with van der Waals surface area (Å²) in [6.07, 6.45) is 0. The molecule has 0 amide bonds. The van der Waals surface area contributed by atoms with E-state index < -0.39 is 0 Å². The summed E-state index contributed by atoms with van der Waals surface area (Å²) in [5.41, 5.74) is 5.85. The number of nitrogens with two attached hydrogens (primary N) is 1. The van der Waals surface area contributed by atoms with Gasteiger partial charge in [0.1, 0.15) is 0 Å². The maximum atomic E-state index is 10.6.